The molecule has 33 heavy (non-hydrogen) atoms. The first-order chi connectivity index (χ1) is 16.1. The molecule has 1 fully saturated rings. The fraction of sp³-hybridized carbons (Fsp3) is 0.407. The van der Waals surface area contributed by atoms with E-state index < -0.39 is 0 Å². The summed E-state index contributed by atoms with van der Waals surface area (Å²) < 4.78 is 17.5. The van der Waals surface area contributed by atoms with E-state index in [2.05, 4.69) is 10.3 Å². The first-order valence-electron chi connectivity index (χ1n) is 11.8. The van der Waals surface area contributed by atoms with Gasteiger partial charge in [-0.05, 0) is 56.7 Å². The second kappa shape index (κ2) is 11.0. The van der Waals surface area contributed by atoms with Crippen molar-refractivity contribution in [1.82, 2.24) is 10.3 Å². The topological polar surface area (TPSA) is 73.6 Å². The van der Waals surface area contributed by atoms with Gasteiger partial charge in [0.15, 0.2) is 23.1 Å². The Kier molecular flexibility index (Phi) is 7.66. The molecule has 4 rings (SSSR count). The van der Waals surface area contributed by atoms with E-state index in [1.807, 2.05) is 55.5 Å². The Hall–Kier alpha value is -3.28. The maximum Gasteiger partial charge on any atom is 0.220 e. The second-order valence-electron chi connectivity index (χ2n) is 8.56. The molecule has 1 atom stereocenters. The second-order valence-corrected chi connectivity index (χ2v) is 8.56. The molecule has 6 heteroatoms. The number of aromatic nitrogens is 1. The molecule has 0 saturated heterocycles. The lowest BCUT2D eigenvalue weighted by Crippen LogP contribution is -2.26. The molecule has 0 bridgehead atoms. The minimum Gasteiger partial charge on any atom is -0.493 e. The van der Waals surface area contributed by atoms with Crippen LogP contribution < -0.4 is 14.8 Å². The largest absolute Gasteiger partial charge is 0.493 e. The zero-order valence-electron chi connectivity index (χ0n) is 19.4. The van der Waals surface area contributed by atoms with Crippen molar-refractivity contribution in [2.24, 2.45) is 0 Å². The molecule has 0 radical (unpaired) electrons. The summed E-state index contributed by atoms with van der Waals surface area (Å²) in [5, 5.41) is 3.07. The molecule has 1 aliphatic carbocycles. The van der Waals surface area contributed by atoms with Crippen LogP contribution in [0.5, 0.6) is 11.5 Å². The number of oxazole rings is 1. The van der Waals surface area contributed by atoms with Gasteiger partial charge < -0.3 is 19.2 Å². The van der Waals surface area contributed by atoms with Crippen LogP contribution in [0.15, 0.2) is 59.1 Å². The molecule has 6 nitrogen and oxygen atoms in total. The number of carbonyl (C=O) groups is 1. The van der Waals surface area contributed by atoms with E-state index in [0.29, 0.717) is 30.9 Å². The molecule has 174 valence electrons. The van der Waals surface area contributed by atoms with Crippen molar-refractivity contribution in [3.8, 4) is 22.8 Å². The molecular weight excluding hydrogens is 416 g/mol. The number of nitrogens with one attached hydrogen (secondary N) is 1. The van der Waals surface area contributed by atoms with Crippen LogP contribution in [0.4, 0.5) is 0 Å². The van der Waals surface area contributed by atoms with Crippen molar-refractivity contribution in [2.75, 3.05) is 7.11 Å². The summed E-state index contributed by atoms with van der Waals surface area (Å²) in [6, 6.07) is 15.6. The zero-order valence-corrected chi connectivity index (χ0v) is 19.4. The van der Waals surface area contributed by atoms with Gasteiger partial charge in [0.1, 0.15) is 0 Å². The number of ether oxygens (including phenoxy) is 2. The fourth-order valence-electron chi connectivity index (χ4n) is 4.20. The summed E-state index contributed by atoms with van der Waals surface area (Å²) in [4.78, 5) is 16.8. The molecule has 1 saturated carbocycles. The third kappa shape index (κ3) is 6.15. The van der Waals surface area contributed by atoms with Crippen molar-refractivity contribution in [2.45, 2.75) is 64.0 Å². The summed E-state index contributed by atoms with van der Waals surface area (Å²) in [5.74, 6) is 2.88. The van der Waals surface area contributed by atoms with Gasteiger partial charge in [0.2, 0.25) is 5.91 Å². The van der Waals surface area contributed by atoms with Crippen LogP contribution in [-0.2, 0) is 11.2 Å². The molecule has 1 heterocycles. The maximum absolute atomic E-state index is 12.5. The van der Waals surface area contributed by atoms with Gasteiger partial charge >= 0.3 is 0 Å². The minimum atomic E-state index is -0.127. The Morgan fingerprint density at radius 3 is 2.70 bits per heavy atom. The smallest absolute Gasteiger partial charge is 0.220 e. The van der Waals surface area contributed by atoms with E-state index in [-0.39, 0.29) is 18.1 Å². The van der Waals surface area contributed by atoms with Crippen molar-refractivity contribution < 1.29 is 18.7 Å². The molecule has 1 unspecified atom stereocenters. The van der Waals surface area contributed by atoms with Crippen molar-refractivity contribution in [3.63, 3.8) is 0 Å². The lowest BCUT2D eigenvalue weighted by atomic mass is 10.1. The Bertz CT molecular complexity index is 1040. The van der Waals surface area contributed by atoms with Gasteiger partial charge in [-0.15, -0.1) is 0 Å². The number of hydrogen-bond acceptors (Lipinski definition) is 5. The molecule has 0 spiro atoms. The van der Waals surface area contributed by atoms with Gasteiger partial charge in [-0.3, -0.25) is 4.79 Å². The number of nitrogens with zero attached hydrogens (tertiary/aromatic N) is 1. The van der Waals surface area contributed by atoms with Gasteiger partial charge in [-0.2, -0.15) is 0 Å². The van der Waals surface area contributed by atoms with Gasteiger partial charge in [-0.1, -0.05) is 36.4 Å². The summed E-state index contributed by atoms with van der Waals surface area (Å²) in [5.41, 5.74) is 1.98. The van der Waals surface area contributed by atoms with E-state index in [0.717, 1.165) is 35.5 Å². The van der Waals surface area contributed by atoms with Crippen LogP contribution >= 0.6 is 0 Å². The highest BCUT2D eigenvalue weighted by Gasteiger charge is 2.19. The highest BCUT2D eigenvalue weighted by molar-refractivity contribution is 5.76. The highest BCUT2D eigenvalue weighted by Crippen LogP contribution is 2.33. The number of methoxy groups -OCH3 is 1. The predicted octanol–water partition coefficient (Wildman–Crippen LogP) is 5.87. The van der Waals surface area contributed by atoms with Crippen LogP contribution in [0.25, 0.3) is 11.3 Å². The van der Waals surface area contributed by atoms with E-state index in [1.165, 1.54) is 12.8 Å². The first kappa shape index (κ1) is 22.9. The van der Waals surface area contributed by atoms with Crippen LogP contribution in [-0.4, -0.2) is 24.1 Å². The van der Waals surface area contributed by atoms with Crippen molar-refractivity contribution >= 4 is 5.91 Å². The van der Waals surface area contributed by atoms with E-state index in [1.54, 1.807) is 13.3 Å². The van der Waals surface area contributed by atoms with Crippen LogP contribution in [0, 0.1) is 0 Å². The number of aryl methyl sites for hydroxylation is 1. The third-order valence-corrected chi connectivity index (χ3v) is 6.07. The molecule has 1 aliphatic rings. The zero-order chi connectivity index (χ0) is 23.0. The number of amides is 1. The van der Waals surface area contributed by atoms with Gasteiger partial charge in [-0.25, -0.2) is 4.98 Å². The summed E-state index contributed by atoms with van der Waals surface area (Å²) in [6.07, 6.45) is 8.34. The lowest BCUT2D eigenvalue weighted by Gasteiger charge is -2.19. The van der Waals surface area contributed by atoms with Gasteiger partial charge in [0.25, 0.3) is 0 Å². The Morgan fingerprint density at radius 1 is 1.15 bits per heavy atom. The summed E-state index contributed by atoms with van der Waals surface area (Å²) >= 11 is 0. The van der Waals surface area contributed by atoms with E-state index in [4.69, 9.17) is 13.9 Å². The minimum absolute atomic E-state index is 0.00240. The highest BCUT2D eigenvalue weighted by atomic mass is 16.5. The average molecular weight is 449 g/mol. The average Bonchev–Trinajstić information content (AvgIpc) is 3.52. The first-order valence-corrected chi connectivity index (χ1v) is 11.8. The fourth-order valence-corrected chi connectivity index (χ4v) is 4.20. The summed E-state index contributed by atoms with van der Waals surface area (Å²) in [7, 11) is 1.65. The Morgan fingerprint density at radius 2 is 1.94 bits per heavy atom. The Balaban J connectivity index is 1.26. The number of rotatable bonds is 10. The molecule has 2 aromatic carbocycles. The maximum atomic E-state index is 12.5. The number of hydrogen-bond donors (Lipinski definition) is 1. The molecule has 1 amide bonds. The number of carbonyl (C=O) groups excluding carboxylic acids is 1. The van der Waals surface area contributed by atoms with Crippen molar-refractivity contribution in [1.29, 1.82) is 0 Å². The summed E-state index contributed by atoms with van der Waals surface area (Å²) in [6.45, 7) is 1.98. The SMILES string of the molecule is COc1cc(C(C)NC(=O)CCCc2ncc(-c3ccccc3)o2)ccc1OC1CCCC1. The normalized spacial score (nSPS) is 14.7. The molecule has 1 N–H and O–H groups in total. The van der Waals surface area contributed by atoms with E-state index >= 15 is 0 Å². The van der Waals surface area contributed by atoms with Crippen LogP contribution in [0.1, 0.15) is 62.9 Å². The van der Waals surface area contributed by atoms with Crippen LogP contribution in [0.2, 0.25) is 0 Å². The number of benzene rings is 2. The van der Waals surface area contributed by atoms with Gasteiger partial charge in [0.05, 0.1) is 25.5 Å². The molecule has 0 aliphatic heterocycles. The molecule has 3 aromatic rings. The lowest BCUT2D eigenvalue weighted by molar-refractivity contribution is -0.121. The van der Waals surface area contributed by atoms with Crippen molar-refractivity contribution in [3.05, 3.63) is 66.2 Å². The molecule has 1 aromatic heterocycles. The standard InChI is InChI=1S/C27H32N2O4/c1-19(21-15-16-23(24(17-21)31-2)32-22-11-6-7-12-22)29-26(30)13-8-14-27-28-18-25(33-27)20-9-4-3-5-10-20/h3-5,9-10,15-19,22H,6-8,11-14H2,1-2H3,(H,29,30). The van der Waals surface area contributed by atoms with E-state index in [9.17, 15) is 4.79 Å². The monoisotopic (exact) mass is 448 g/mol. The third-order valence-electron chi connectivity index (χ3n) is 6.07. The van der Waals surface area contributed by atoms with Gasteiger partial charge in [0, 0.05) is 18.4 Å². The molecular formula is C27H32N2O4. The predicted molar refractivity (Wildman–Crippen MR) is 127 cm³/mol. The van der Waals surface area contributed by atoms with Crippen LogP contribution in [0.3, 0.4) is 0 Å². The Labute approximate surface area is 195 Å². The quantitative estimate of drug-likeness (QED) is 0.420.